The first-order valence-corrected chi connectivity index (χ1v) is 9.19. The van der Waals surface area contributed by atoms with Gasteiger partial charge in [-0.25, -0.2) is 0 Å². The first-order valence-electron chi connectivity index (χ1n) is 9.19. The molecule has 2 aromatic heterocycles. The van der Waals surface area contributed by atoms with Crippen molar-refractivity contribution in [3.63, 3.8) is 0 Å². The number of likely N-dealkylation sites (tertiary alicyclic amines) is 1. The number of nitrogens with zero attached hydrogens (tertiary/aromatic N) is 4. The summed E-state index contributed by atoms with van der Waals surface area (Å²) >= 11 is 0. The molecule has 1 N–H and O–H groups in total. The Kier molecular flexibility index (Phi) is 5.56. The number of aryl methyl sites for hydroxylation is 3. The van der Waals surface area contributed by atoms with Gasteiger partial charge in [0.1, 0.15) is 0 Å². The summed E-state index contributed by atoms with van der Waals surface area (Å²) in [5, 5.41) is 7.52. The second kappa shape index (κ2) is 7.86. The van der Waals surface area contributed by atoms with Gasteiger partial charge in [0.05, 0.1) is 11.3 Å². The number of nitrogens with one attached hydrogen (secondary N) is 1. The molecule has 0 aromatic carbocycles. The van der Waals surface area contributed by atoms with Gasteiger partial charge >= 0.3 is 0 Å². The van der Waals surface area contributed by atoms with Crippen molar-refractivity contribution in [2.24, 2.45) is 7.05 Å². The van der Waals surface area contributed by atoms with E-state index in [-0.39, 0.29) is 17.5 Å². The molecule has 26 heavy (non-hydrogen) atoms. The van der Waals surface area contributed by atoms with E-state index in [9.17, 15) is 9.59 Å². The number of aromatic nitrogens is 3. The second-order valence-corrected chi connectivity index (χ2v) is 7.07. The molecule has 0 radical (unpaired) electrons. The number of amides is 1. The van der Waals surface area contributed by atoms with Gasteiger partial charge in [-0.05, 0) is 31.4 Å². The van der Waals surface area contributed by atoms with Gasteiger partial charge in [0, 0.05) is 57.7 Å². The van der Waals surface area contributed by atoms with E-state index in [0.29, 0.717) is 5.56 Å². The minimum Gasteiger partial charge on any atom is -0.348 e. The highest BCUT2D eigenvalue weighted by atomic mass is 16.2. The number of carbonyl (C=O) groups excluding carboxylic acids is 1. The third-order valence-electron chi connectivity index (χ3n) is 4.83. The number of hydrogen-bond donors (Lipinski definition) is 1. The Morgan fingerprint density at radius 2 is 2.23 bits per heavy atom. The van der Waals surface area contributed by atoms with E-state index in [4.69, 9.17) is 0 Å². The molecule has 2 aromatic rings. The van der Waals surface area contributed by atoms with Gasteiger partial charge in [-0.1, -0.05) is 6.92 Å². The highest BCUT2D eigenvalue weighted by Crippen LogP contribution is 2.14. The molecule has 1 saturated heterocycles. The molecule has 1 fully saturated rings. The number of hydrogen-bond acceptors (Lipinski definition) is 4. The lowest BCUT2D eigenvalue weighted by atomic mass is 10.2. The zero-order valence-corrected chi connectivity index (χ0v) is 15.7. The number of carbonyl (C=O) groups is 1. The summed E-state index contributed by atoms with van der Waals surface area (Å²) in [4.78, 5) is 26.6. The van der Waals surface area contributed by atoms with Crippen molar-refractivity contribution in [2.45, 2.75) is 45.8 Å². The molecule has 3 rings (SSSR count). The Balaban J connectivity index is 1.56. The molecule has 7 nitrogen and oxygen atoms in total. The lowest BCUT2D eigenvalue weighted by Crippen LogP contribution is -2.37. The third-order valence-corrected chi connectivity index (χ3v) is 4.83. The van der Waals surface area contributed by atoms with E-state index in [1.54, 1.807) is 23.9 Å². The second-order valence-electron chi connectivity index (χ2n) is 7.07. The molecule has 7 heteroatoms. The van der Waals surface area contributed by atoms with Crippen LogP contribution in [0.3, 0.4) is 0 Å². The fourth-order valence-corrected chi connectivity index (χ4v) is 3.39. The van der Waals surface area contributed by atoms with Gasteiger partial charge in [0.15, 0.2) is 0 Å². The first-order chi connectivity index (χ1) is 12.5. The van der Waals surface area contributed by atoms with Gasteiger partial charge in [-0.15, -0.1) is 0 Å². The summed E-state index contributed by atoms with van der Waals surface area (Å²) in [6.45, 7) is 7.22. The minimum atomic E-state index is -0.0507. The van der Waals surface area contributed by atoms with E-state index >= 15 is 0 Å². The topological polar surface area (TPSA) is 72.2 Å². The maximum absolute atomic E-state index is 12.6. The third kappa shape index (κ3) is 4.22. The Morgan fingerprint density at radius 1 is 1.42 bits per heavy atom. The highest BCUT2D eigenvalue weighted by Gasteiger charge is 2.25. The maximum atomic E-state index is 12.6. The molecular formula is C19H27N5O2. The van der Waals surface area contributed by atoms with Gasteiger partial charge in [0.2, 0.25) is 0 Å². The molecule has 1 atom stereocenters. The number of rotatable bonds is 6. The summed E-state index contributed by atoms with van der Waals surface area (Å²) < 4.78 is 3.40. The molecule has 1 unspecified atom stereocenters. The average Bonchev–Trinajstić information content (AvgIpc) is 3.18. The van der Waals surface area contributed by atoms with Crippen LogP contribution in [0.2, 0.25) is 0 Å². The summed E-state index contributed by atoms with van der Waals surface area (Å²) in [7, 11) is 1.75. The van der Waals surface area contributed by atoms with Crippen LogP contribution in [-0.2, 0) is 20.1 Å². The minimum absolute atomic E-state index is 0.00566. The summed E-state index contributed by atoms with van der Waals surface area (Å²) in [6, 6.07) is 3.78. The van der Waals surface area contributed by atoms with Crippen LogP contribution >= 0.6 is 0 Å². The van der Waals surface area contributed by atoms with Crippen LogP contribution in [0.15, 0.2) is 29.3 Å². The lowest BCUT2D eigenvalue weighted by molar-refractivity contribution is 0.0937. The van der Waals surface area contributed by atoms with Crippen LogP contribution in [0.4, 0.5) is 0 Å². The summed E-state index contributed by atoms with van der Waals surface area (Å²) in [5.74, 6) is -0.0507. The predicted octanol–water partition coefficient (Wildman–Crippen LogP) is 1.30. The predicted molar refractivity (Wildman–Crippen MR) is 100 cm³/mol. The van der Waals surface area contributed by atoms with E-state index in [1.807, 2.05) is 23.9 Å². The van der Waals surface area contributed by atoms with E-state index in [1.165, 1.54) is 0 Å². The van der Waals surface area contributed by atoms with Crippen LogP contribution in [0.25, 0.3) is 0 Å². The Hall–Kier alpha value is -2.41. The largest absolute Gasteiger partial charge is 0.348 e. The van der Waals surface area contributed by atoms with Crippen LogP contribution in [0.5, 0.6) is 0 Å². The standard InChI is InChI=1S/C19H27N5O2/c1-4-7-24-13-17(14(2)21-24)19(26)20-16-6-9-23(12-16)11-15-5-8-22(3)18(25)10-15/h5,8,10,13,16H,4,6-7,9,11-12H2,1-3H3,(H,20,26). The molecular weight excluding hydrogens is 330 g/mol. The molecule has 3 heterocycles. The van der Waals surface area contributed by atoms with Crippen LogP contribution in [0.1, 0.15) is 41.4 Å². The fraction of sp³-hybridized carbons (Fsp3) is 0.526. The molecule has 1 amide bonds. The van der Waals surface area contributed by atoms with E-state index < -0.39 is 0 Å². The van der Waals surface area contributed by atoms with Gasteiger partial charge in [-0.3, -0.25) is 19.2 Å². The van der Waals surface area contributed by atoms with Crippen molar-refractivity contribution in [2.75, 3.05) is 13.1 Å². The summed E-state index contributed by atoms with van der Waals surface area (Å²) in [6.07, 6.45) is 5.53. The van der Waals surface area contributed by atoms with Crippen molar-refractivity contribution >= 4 is 5.91 Å². The first kappa shape index (κ1) is 18.4. The molecule has 0 bridgehead atoms. The fourth-order valence-electron chi connectivity index (χ4n) is 3.39. The van der Waals surface area contributed by atoms with Gasteiger partial charge in [0.25, 0.3) is 11.5 Å². The Labute approximate surface area is 153 Å². The molecule has 0 spiro atoms. The Bertz CT molecular complexity index is 839. The van der Waals surface area contributed by atoms with Crippen molar-refractivity contribution in [1.29, 1.82) is 0 Å². The van der Waals surface area contributed by atoms with Crippen LogP contribution in [0, 0.1) is 6.92 Å². The molecule has 1 aliphatic rings. The average molecular weight is 357 g/mol. The molecule has 140 valence electrons. The van der Waals surface area contributed by atoms with Crippen molar-refractivity contribution in [3.05, 3.63) is 51.7 Å². The molecule has 0 saturated carbocycles. The molecule has 0 aliphatic carbocycles. The van der Waals surface area contributed by atoms with Gasteiger partial charge in [-0.2, -0.15) is 5.10 Å². The van der Waals surface area contributed by atoms with Crippen LogP contribution < -0.4 is 10.9 Å². The quantitative estimate of drug-likeness (QED) is 0.846. The monoisotopic (exact) mass is 357 g/mol. The zero-order valence-electron chi connectivity index (χ0n) is 15.7. The molecule has 1 aliphatic heterocycles. The van der Waals surface area contributed by atoms with Crippen molar-refractivity contribution < 1.29 is 4.79 Å². The highest BCUT2D eigenvalue weighted by molar-refractivity contribution is 5.95. The van der Waals surface area contributed by atoms with Crippen molar-refractivity contribution in [3.8, 4) is 0 Å². The lowest BCUT2D eigenvalue weighted by Gasteiger charge is -2.16. The number of pyridine rings is 1. The zero-order chi connectivity index (χ0) is 18.7. The summed E-state index contributed by atoms with van der Waals surface area (Å²) in [5.41, 5.74) is 2.44. The smallest absolute Gasteiger partial charge is 0.255 e. The van der Waals surface area contributed by atoms with Crippen LogP contribution in [-0.4, -0.2) is 44.3 Å². The maximum Gasteiger partial charge on any atom is 0.255 e. The normalized spacial score (nSPS) is 17.6. The van der Waals surface area contributed by atoms with Crippen molar-refractivity contribution in [1.82, 2.24) is 24.6 Å². The SMILES string of the molecule is CCCn1cc(C(=O)NC2CCN(Cc3ccn(C)c(=O)c3)C2)c(C)n1. The van der Waals surface area contributed by atoms with Gasteiger partial charge < -0.3 is 9.88 Å². The van der Waals surface area contributed by atoms with E-state index in [0.717, 1.165) is 50.3 Å². The Morgan fingerprint density at radius 3 is 2.96 bits per heavy atom. The van der Waals surface area contributed by atoms with E-state index in [2.05, 4.69) is 22.2 Å².